The number of non-ortho nitro benzene ring substituents is 1. The van der Waals surface area contributed by atoms with Gasteiger partial charge in [-0.1, -0.05) is 12.1 Å². The topological polar surface area (TPSA) is 84.6 Å². The lowest BCUT2D eigenvalue weighted by Crippen LogP contribution is -2.08. The average Bonchev–Trinajstić information content (AvgIpc) is 2.46. The molecule has 0 aliphatic heterocycles. The Morgan fingerprint density at radius 3 is 2.76 bits per heavy atom. The van der Waals surface area contributed by atoms with Crippen molar-refractivity contribution >= 4 is 5.69 Å². The zero-order valence-corrected chi connectivity index (χ0v) is 11.6. The Balaban J connectivity index is 2.16. The van der Waals surface area contributed by atoms with Gasteiger partial charge in [0.1, 0.15) is 18.1 Å². The molecule has 2 aromatic rings. The highest BCUT2D eigenvalue weighted by molar-refractivity contribution is 5.44. The van der Waals surface area contributed by atoms with Crippen LogP contribution in [-0.4, -0.2) is 17.1 Å². The number of nitro benzene ring substituents is 1. The third-order valence-electron chi connectivity index (χ3n) is 2.93. The summed E-state index contributed by atoms with van der Waals surface area (Å²) in [7, 11) is 1.76. The summed E-state index contributed by atoms with van der Waals surface area (Å²) in [6, 6.07) is 11.3. The van der Waals surface area contributed by atoms with E-state index in [1.54, 1.807) is 31.3 Å². The maximum atomic E-state index is 10.8. The van der Waals surface area contributed by atoms with Gasteiger partial charge in [0.25, 0.3) is 5.69 Å². The number of rotatable bonds is 6. The quantitative estimate of drug-likeness (QED) is 0.630. The molecular formula is C15H16N2O4. The van der Waals surface area contributed by atoms with E-state index in [0.717, 1.165) is 5.56 Å². The van der Waals surface area contributed by atoms with Gasteiger partial charge in [-0.15, -0.1) is 0 Å². The molecule has 6 nitrogen and oxygen atoms in total. The van der Waals surface area contributed by atoms with Gasteiger partial charge in [-0.05, 0) is 30.8 Å². The maximum absolute atomic E-state index is 10.8. The number of aromatic hydroxyl groups is 1. The van der Waals surface area contributed by atoms with Crippen molar-refractivity contribution in [2.24, 2.45) is 0 Å². The first-order chi connectivity index (χ1) is 10.1. The molecule has 0 heterocycles. The lowest BCUT2D eigenvalue weighted by atomic mass is 10.1. The second-order valence-corrected chi connectivity index (χ2v) is 4.54. The van der Waals surface area contributed by atoms with Crippen LogP contribution in [0.1, 0.15) is 11.1 Å². The SMILES string of the molecule is CNCc1cc([N+](=O)[O-])ccc1OCc1cccc(O)c1. The molecule has 0 amide bonds. The van der Waals surface area contributed by atoms with Gasteiger partial charge in [0.05, 0.1) is 4.92 Å². The van der Waals surface area contributed by atoms with Gasteiger partial charge in [-0.25, -0.2) is 0 Å². The van der Waals surface area contributed by atoms with Crippen molar-refractivity contribution in [1.82, 2.24) is 5.32 Å². The highest BCUT2D eigenvalue weighted by Crippen LogP contribution is 2.25. The minimum Gasteiger partial charge on any atom is -0.508 e. The van der Waals surface area contributed by atoms with Gasteiger partial charge in [-0.3, -0.25) is 10.1 Å². The normalized spacial score (nSPS) is 10.3. The first-order valence-electron chi connectivity index (χ1n) is 6.43. The Labute approximate surface area is 122 Å². The number of nitrogens with one attached hydrogen (secondary N) is 1. The van der Waals surface area contributed by atoms with E-state index in [9.17, 15) is 15.2 Å². The van der Waals surface area contributed by atoms with Crippen molar-refractivity contribution in [3.05, 3.63) is 63.7 Å². The maximum Gasteiger partial charge on any atom is 0.270 e. The summed E-state index contributed by atoms with van der Waals surface area (Å²) in [5.41, 5.74) is 1.57. The summed E-state index contributed by atoms with van der Waals surface area (Å²) in [5.74, 6) is 0.758. The van der Waals surface area contributed by atoms with E-state index in [1.807, 2.05) is 6.07 Å². The van der Waals surface area contributed by atoms with E-state index in [-0.39, 0.29) is 18.0 Å². The van der Waals surface area contributed by atoms with Crippen LogP contribution in [0.15, 0.2) is 42.5 Å². The molecule has 21 heavy (non-hydrogen) atoms. The van der Waals surface area contributed by atoms with Gasteiger partial charge in [0.2, 0.25) is 0 Å². The zero-order chi connectivity index (χ0) is 15.2. The van der Waals surface area contributed by atoms with Crippen molar-refractivity contribution in [3.8, 4) is 11.5 Å². The predicted octanol–water partition coefficient (Wildman–Crippen LogP) is 2.60. The lowest BCUT2D eigenvalue weighted by molar-refractivity contribution is -0.384. The molecule has 0 aliphatic carbocycles. The van der Waals surface area contributed by atoms with Crippen molar-refractivity contribution < 1.29 is 14.8 Å². The molecule has 2 rings (SSSR count). The Morgan fingerprint density at radius 1 is 1.29 bits per heavy atom. The minimum absolute atomic E-state index is 0.0324. The standard InChI is InChI=1S/C15H16N2O4/c1-16-9-12-8-13(17(19)20)5-6-15(12)21-10-11-3-2-4-14(18)7-11/h2-8,16,18H,9-10H2,1H3. The fraction of sp³-hybridized carbons (Fsp3) is 0.200. The van der Waals surface area contributed by atoms with Crippen LogP contribution in [0.25, 0.3) is 0 Å². The lowest BCUT2D eigenvalue weighted by Gasteiger charge is -2.11. The van der Waals surface area contributed by atoms with Crippen LogP contribution in [0.2, 0.25) is 0 Å². The molecule has 6 heteroatoms. The van der Waals surface area contributed by atoms with Crippen molar-refractivity contribution in [3.63, 3.8) is 0 Å². The Morgan fingerprint density at radius 2 is 2.10 bits per heavy atom. The summed E-state index contributed by atoms with van der Waals surface area (Å²) < 4.78 is 5.69. The third kappa shape index (κ3) is 3.93. The summed E-state index contributed by atoms with van der Waals surface area (Å²) in [4.78, 5) is 10.4. The fourth-order valence-electron chi connectivity index (χ4n) is 1.96. The van der Waals surface area contributed by atoms with Crippen molar-refractivity contribution in [1.29, 1.82) is 0 Å². The molecule has 0 bridgehead atoms. The number of benzene rings is 2. The number of ether oxygens (including phenoxy) is 1. The summed E-state index contributed by atoms with van der Waals surface area (Å²) in [6.07, 6.45) is 0. The van der Waals surface area contributed by atoms with Crippen LogP contribution in [0.4, 0.5) is 5.69 Å². The van der Waals surface area contributed by atoms with Crippen LogP contribution >= 0.6 is 0 Å². The van der Waals surface area contributed by atoms with E-state index in [4.69, 9.17) is 4.74 Å². The number of hydrogen-bond donors (Lipinski definition) is 2. The Hall–Kier alpha value is -2.60. The van der Waals surface area contributed by atoms with Crippen LogP contribution in [0.5, 0.6) is 11.5 Å². The molecule has 0 radical (unpaired) electrons. The third-order valence-corrected chi connectivity index (χ3v) is 2.93. The number of nitro groups is 1. The summed E-state index contributed by atoms with van der Waals surface area (Å²) in [6.45, 7) is 0.750. The predicted molar refractivity (Wildman–Crippen MR) is 78.3 cm³/mol. The molecule has 0 unspecified atom stereocenters. The summed E-state index contributed by atoms with van der Waals surface area (Å²) >= 11 is 0. The highest BCUT2D eigenvalue weighted by Gasteiger charge is 2.11. The number of nitrogens with zero attached hydrogens (tertiary/aromatic N) is 1. The first-order valence-corrected chi connectivity index (χ1v) is 6.43. The van der Waals surface area contributed by atoms with E-state index in [1.165, 1.54) is 12.1 Å². The summed E-state index contributed by atoms with van der Waals surface area (Å²) in [5, 5.41) is 23.2. The number of phenolic OH excluding ortho intramolecular Hbond substituents is 1. The van der Waals surface area contributed by atoms with Crippen molar-refractivity contribution in [2.45, 2.75) is 13.2 Å². The van der Waals surface area contributed by atoms with Gasteiger partial charge < -0.3 is 15.2 Å². The first kappa shape index (κ1) is 14.8. The Kier molecular flexibility index (Phi) is 4.73. The van der Waals surface area contributed by atoms with E-state index in [2.05, 4.69) is 5.32 Å². The molecule has 0 aromatic heterocycles. The molecule has 2 N–H and O–H groups in total. The molecule has 0 saturated heterocycles. The van der Waals surface area contributed by atoms with E-state index in [0.29, 0.717) is 17.9 Å². The van der Waals surface area contributed by atoms with Crippen molar-refractivity contribution in [2.75, 3.05) is 7.05 Å². The van der Waals surface area contributed by atoms with Crippen LogP contribution < -0.4 is 10.1 Å². The zero-order valence-electron chi connectivity index (χ0n) is 11.6. The molecule has 0 aliphatic rings. The van der Waals surface area contributed by atoms with Crippen LogP contribution in [0.3, 0.4) is 0 Å². The molecule has 0 atom stereocenters. The molecule has 0 fully saturated rings. The van der Waals surface area contributed by atoms with Crippen LogP contribution in [0, 0.1) is 10.1 Å². The second kappa shape index (κ2) is 6.71. The average molecular weight is 288 g/mol. The minimum atomic E-state index is -0.432. The number of hydrogen-bond acceptors (Lipinski definition) is 5. The van der Waals surface area contributed by atoms with E-state index >= 15 is 0 Å². The largest absolute Gasteiger partial charge is 0.508 e. The Bertz CT molecular complexity index is 643. The highest BCUT2D eigenvalue weighted by atomic mass is 16.6. The molecule has 0 saturated carbocycles. The second-order valence-electron chi connectivity index (χ2n) is 4.54. The van der Waals surface area contributed by atoms with E-state index < -0.39 is 4.92 Å². The fourth-order valence-corrected chi connectivity index (χ4v) is 1.96. The number of phenols is 1. The van der Waals surface area contributed by atoms with Gasteiger partial charge in [0.15, 0.2) is 0 Å². The van der Waals surface area contributed by atoms with Gasteiger partial charge in [0, 0.05) is 24.2 Å². The molecule has 110 valence electrons. The molecule has 0 spiro atoms. The van der Waals surface area contributed by atoms with Crippen LogP contribution in [-0.2, 0) is 13.2 Å². The monoisotopic (exact) mass is 288 g/mol. The molecule has 2 aromatic carbocycles. The van der Waals surface area contributed by atoms with Gasteiger partial charge >= 0.3 is 0 Å². The smallest absolute Gasteiger partial charge is 0.270 e. The molecular weight excluding hydrogens is 272 g/mol. The van der Waals surface area contributed by atoms with Gasteiger partial charge in [-0.2, -0.15) is 0 Å².